The van der Waals surface area contributed by atoms with E-state index in [4.69, 9.17) is 0 Å². The van der Waals surface area contributed by atoms with Crippen molar-refractivity contribution in [3.8, 4) is 22.8 Å². The number of rotatable bonds is 6. The molecular formula is C20H21N7O. The van der Waals surface area contributed by atoms with Crippen LogP contribution in [0.5, 0.6) is 0 Å². The van der Waals surface area contributed by atoms with E-state index in [1.165, 1.54) is 0 Å². The summed E-state index contributed by atoms with van der Waals surface area (Å²) < 4.78 is 0. The quantitative estimate of drug-likeness (QED) is 0.673. The average Bonchev–Trinajstić information content (AvgIpc) is 2.75. The van der Waals surface area contributed by atoms with E-state index in [-0.39, 0.29) is 5.91 Å². The number of amides is 1. The first-order valence-corrected chi connectivity index (χ1v) is 9.22. The normalized spacial score (nSPS) is 14.5. The van der Waals surface area contributed by atoms with Gasteiger partial charge in [-0.25, -0.2) is 9.97 Å². The van der Waals surface area contributed by atoms with Gasteiger partial charge in [0.05, 0.1) is 12.2 Å². The molecule has 8 nitrogen and oxygen atoms in total. The van der Waals surface area contributed by atoms with Gasteiger partial charge in [-0.3, -0.25) is 19.7 Å². The van der Waals surface area contributed by atoms with Crippen LogP contribution in [-0.4, -0.2) is 63.5 Å². The molecule has 0 unspecified atom stereocenters. The minimum absolute atomic E-state index is 0.0737. The highest BCUT2D eigenvalue weighted by atomic mass is 16.2. The Balaban J connectivity index is 1.54. The molecule has 0 aliphatic carbocycles. The number of anilines is 1. The summed E-state index contributed by atoms with van der Waals surface area (Å²) >= 11 is 0. The van der Waals surface area contributed by atoms with Crippen molar-refractivity contribution in [2.24, 2.45) is 0 Å². The number of piperazine rings is 1. The first kappa shape index (κ1) is 18.0. The third-order valence-corrected chi connectivity index (χ3v) is 4.43. The van der Waals surface area contributed by atoms with E-state index in [0.29, 0.717) is 31.2 Å². The lowest BCUT2D eigenvalue weighted by atomic mass is 10.2. The zero-order valence-electron chi connectivity index (χ0n) is 15.4. The average molecular weight is 375 g/mol. The number of hydrogen-bond acceptors (Lipinski definition) is 7. The summed E-state index contributed by atoms with van der Waals surface area (Å²) in [5, 5.41) is 6.19. The smallest absolute Gasteiger partial charge is 0.234 e. The molecule has 4 rings (SSSR count). The van der Waals surface area contributed by atoms with Gasteiger partial charge in [-0.05, 0) is 24.3 Å². The Morgan fingerprint density at radius 2 is 2.07 bits per heavy atom. The van der Waals surface area contributed by atoms with Crippen LogP contribution in [0.4, 0.5) is 5.82 Å². The van der Waals surface area contributed by atoms with Gasteiger partial charge in [0.25, 0.3) is 0 Å². The monoisotopic (exact) mass is 375 g/mol. The molecular weight excluding hydrogens is 354 g/mol. The van der Waals surface area contributed by atoms with E-state index >= 15 is 0 Å². The van der Waals surface area contributed by atoms with Gasteiger partial charge in [0.1, 0.15) is 11.5 Å². The summed E-state index contributed by atoms with van der Waals surface area (Å²) in [6, 6.07) is 11.4. The molecule has 3 aromatic rings. The van der Waals surface area contributed by atoms with Crippen molar-refractivity contribution in [1.82, 2.24) is 30.2 Å². The van der Waals surface area contributed by atoms with Crippen LogP contribution in [0.2, 0.25) is 0 Å². The van der Waals surface area contributed by atoms with E-state index in [0.717, 1.165) is 30.2 Å². The van der Waals surface area contributed by atoms with E-state index in [9.17, 15) is 4.79 Å². The number of nitrogens with one attached hydrogen (secondary N) is 2. The largest absolute Gasteiger partial charge is 0.369 e. The molecule has 0 radical (unpaired) electrons. The summed E-state index contributed by atoms with van der Waals surface area (Å²) in [6.07, 6.45) is 5.24. The van der Waals surface area contributed by atoms with E-state index < -0.39 is 0 Å². The molecule has 2 N–H and O–H groups in total. The summed E-state index contributed by atoms with van der Waals surface area (Å²) in [5.74, 6) is 1.35. The highest BCUT2D eigenvalue weighted by Gasteiger charge is 2.15. The molecule has 1 aliphatic heterocycles. The summed E-state index contributed by atoms with van der Waals surface area (Å²) in [7, 11) is 0. The Hall–Kier alpha value is -3.39. The number of hydrogen-bond donors (Lipinski definition) is 2. The highest BCUT2D eigenvalue weighted by molar-refractivity contribution is 5.78. The van der Waals surface area contributed by atoms with Gasteiger partial charge in [-0.1, -0.05) is 6.07 Å². The summed E-state index contributed by atoms with van der Waals surface area (Å²) in [5.41, 5.74) is 2.41. The van der Waals surface area contributed by atoms with Crippen molar-refractivity contribution in [3.63, 3.8) is 0 Å². The number of carbonyl (C=O) groups excluding carboxylic acids is 1. The lowest BCUT2D eigenvalue weighted by Crippen LogP contribution is -2.48. The second-order valence-electron chi connectivity index (χ2n) is 6.47. The maximum absolute atomic E-state index is 11.5. The first-order chi connectivity index (χ1) is 13.8. The van der Waals surface area contributed by atoms with Gasteiger partial charge in [-0.2, -0.15) is 0 Å². The predicted octanol–water partition coefficient (Wildman–Crippen LogP) is 1.44. The Bertz CT molecular complexity index is 876. The topological polar surface area (TPSA) is 95.9 Å². The van der Waals surface area contributed by atoms with Crippen LogP contribution in [0.25, 0.3) is 22.8 Å². The predicted molar refractivity (Wildman–Crippen MR) is 106 cm³/mol. The van der Waals surface area contributed by atoms with Crippen LogP contribution in [0.3, 0.4) is 0 Å². The molecule has 1 amide bonds. The zero-order valence-corrected chi connectivity index (χ0v) is 15.4. The molecule has 0 aromatic carbocycles. The lowest BCUT2D eigenvalue weighted by Gasteiger charge is -2.26. The van der Waals surface area contributed by atoms with Gasteiger partial charge in [0, 0.05) is 56.4 Å². The molecule has 1 fully saturated rings. The van der Waals surface area contributed by atoms with Crippen molar-refractivity contribution in [2.45, 2.75) is 0 Å². The zero-order chi connectivity index (χ0) is 19.2. The molecule has 1 saturated heterocycles. The maximum Gasteiger partial charge on any atom is 0.234 e. The van der Waals surface area contributed by atoms with Crippen molar-refractivity contribution in [1.29, 1.82) is 0 Å². The molecule has 0 saturated carbocycles. The first-order valence-electron chi connectivity index (χ1n) is 9.22. The second kappa shape index (κ2) is 8.53. The summed E-state index contributed by atoms with van der Waals surface area (Å²) in [6.45, 7) is 3.43. The number of aromatic nitrogens is 4. The third-order valence-electron chi connectivity index (χ3n) is 4.43. The molecule has 0 spiro atoms. The van der Waals surface area contributed by atoms with Gasteiger partial charge in [-0.15, -0.1) is 0 Å². The Morgan fingerprint density at radius 1 is 1.11 bits per heavy atom. The SMILES string of the molecule is O=C1CN(CCNc2cc(-c3cccnc3)nc(-c3ccccn3)n2)CCN1. The molecule has 28 heavy (non-hydrogen) atoms. The second-order valence-corrected chi connectivity index (χ2v) is 6.47. The highest BCUT2D eigenvalue weighted by Crippen LogP contribution is 2.22. The molecule has 142 valence electrons. The minimum Gasteiger partial charge on any atom is -0.369 e. The van der Waals surface area contributed by atoms with Crippen molar-refractivity contribution in [2.75, 3.05) is 38.0 Å². The molecule has 0 bridgehead atoms. The van der Waals surface area contributed by atoms with Crippen molar-refractivity contribution in [3.05, 3.63) is 55.0 Å². The number of carbonyl (C=O) groups is 1. The summed E-state index contributed by atoms with van der Waals surface area (Å²) in [4.78, 5) is 31.5. The fourth-order valence-electron chi connectivity index (χ4n) is 3.03. The molecule has 4 heterocycles. The molecule has 8 heteroatoms. The fraction of sp³-hybridized carbons (Fsp3) is 0.250. The van der Waals surface area contributed by atoms with Gasteiger partial charge in [0.15, 0.2) is 5.82 Å². The van der Waals surface area contributed by atoms with Crippen molar-refractivity contribution >= 4 is 11.7 Å². The third kappa shape index (κ3) is 4.47. The molecule has 3 aromatic heterocycles. The Kier molecular flexibility index (Phi) is 5.48. The fourth-order valence-corrected chi connectivity index (χ4v) is 3.03. The molecule has 0 atom stereocenters. The maximum atomic E-state index is 11.5. The number of pyridine rings is 2. The number of nitrogens with zero attached hydrogens (tertiary/aromatic N) is 5. The van der Waals surface area contributed by atoms with Crippen LogP contribution in [-0.2, 0) is 4.79 Å². The van der Waals surface area contributed by atoms with E-state index in [1.54, 1.807) is 18.6 Å². The van der Waals surface area contributed by atoms with Gasteiger partial charge < -0.3 is 10.6 Å². The van der Waals surface area contributed by atoms with Crippen LogP contribution in [0, 0.1) is 0 Å². The lowest BCUT2D eigenvalue weighted by molar-refractivity contribution is -0.124. The van der Waals surface area contributed by atoms with Crippen LogP contribution in [0.15, 0.2) is 55.0 Å². The van der Waals surface area contributed by atoms with E-state index in [2.05, 4.69) is 35.5 Å². The van der Waals surface area contributed by atoms with Crippen molar-refractivity contribution < 1.29 is 4.79 Å². The van der Waals surface area contributed by atoms with Crippen LogP contribution in [0.1, 0.15) is 0 Å². The Morgan fingerprint density at radius 3 is 2.86 bits per heavy atom. The van der Waals surface area contributed by atoms with Crippen LogP contribution < -0.4 is 10.6 Å². The molecule has 1 aliphatic rings. The standard InChI is InChI=1S/C20H21N7O/c28-19-14-27(11-9-24-19)10-8-23-18-12-17(15-4-3-6-21-13-15)25-20(26-18)16-5-1-2-7-22-16/h1-7,12-13H,8-11,14H2,(H,24,28)(H,23,25,26). The van der Waals surface area contributed by atoms with Gasteiger partial charge in [0.2, 0.25) is 5.91 Å². The van der Waals surface area contributed by atoms with Crippen LogP contribution >= 0.6 is 0 Å². The van der Waals surface area contributed by atoms with E-state index in [1.807, 2.05) is 36.4 Å². The minimum atomic E-state index is 0.0737. The Labute approximate surface area is 163 Å². The van der Waals surface area contributed by atoms with Gasteiger partial charge >= 0.3 is 0 Å².